The zero-order valence-corrected chi connectivity index (χ0v) is 19.5. The molecule has 2 fully saturated rings. The van der Waals surface area contributed by atoms with Crippen LogP contribution >= 0.6 is 0 Å². The lowest BCUT2D eigenvalue weighted by Gasteiger charge is -2.38. The molecule has 11 heteroatoms. The second-order valence-corrected chi connectivity index (χ2v) is 9.24. The molecule has 0 aliphatic carbocycles. The number of pyridine rings is 1. The van der Waals surface area contributed by atoms with E-state index in [4.69, 9.17) is 0 Å². The normalized spacial score (nSPS) is 16.5. The van der Waals surface area contributed by atoms with Gasteiger partial charge in [0.05, 0.1) is 24.2 Å². The summed E-state index contributed by atoms with van der Waals surface area (Å²) in [6.45, 7) is 4.88. The van der Waals surface area contributed by atoms with E-state index >= 15 is 0 Å². The van der Waals surface area contributed by atoms with Crippen LogP contribution in [0.1, 0.15) is 48.4 Å². The molecule has 0 saturated carbocycles. The Labute approximate surface area is 200 Å². The fourth-order valence-corrected chi connectivity index (χ4v) is 4.96. The minimum atomic E-state index is -0.178. The van der Waals surface area contributed by atoms with E-state index in [2.05, 4.69) is 15.3 Å². The average molecular weight is 475 g/mol. The van der Waals surface area contributed by atoms with Gasteiger partial charge in [-0.3, -0.25) is 18.8 Å². The van der Waals surface area contributed by atoms with Crippen LogP contribution in [-0.4, -0.2) is 70.2 Å². The van der Waals surface area contributed by atoms with E-state index in [9.17, 15) is 14.4 Å². The number of carbonyl (C=O) groups is 2. The molecule has 0 unspecified atom stereocenters. The topological polar surface area (TPSA) is 111 Å². The highest BCUT2D eigenvalue weighted by atomic mass is 16.2. The van der Waals surface area contributed by atoms with Crippen molar-refractivity contribution in [1.29, 1.82) is 0 Å². The van der Waals surface area contributed by atoms with Crippen molar-refractivity contribution in [3.8, 4) is 0 Å². The molecule has 0 atom stereocenters. The van der Waals surface area contributed by atoms with Crippen molar-refractivity contribution in [2.45, 2.75) is 45.3 Å². The van der Waals surface area contributed by atoms with Crippen LogP contribution in [0.5, 0.6) is 0 Å². The third-order valence-electron chi connectivity index (χ3n) is 6.85. The smallest absolute Gasteiger partial charge is 0.270 e. The second kappa shape index (κ2) is 8.33. The van der Waals surface area contributed by atoms with Crippen LogP contribution in [-0.2, 0) is 17.9 Å². The summed E-state index contributed by atoms with van der Waals surface area (Å²) < 4.78 is 5.15. The van der Waals surface area contributed by atoms with E-state index in [1.54, 1.807) is 38.9 Å². The number of aromatic nitrogens is 6. The maximum Gasteiger partial charge on any atom is 0.270 e. The number of rotatable bonds is 6. The quantitative estimate of drug-likeness (QED) is 0.419. The van der Waals surface area contributed by atoms with Crippen molar-refractivity contribution in [1.82, 2.24) is 38.7 Å². The van der Waals surface area contributed by atoms with E-state index in [1.165, 1.54) is 4.40 Å². The van der Waals surface area contributed by atoms with Crippen LogP contribution in [0.15, 0.2) is 41.5 Å². The molecule has 2 aliphatic heterocycles. The number of likely N-dealkylation sites (tertiary alicyclic amines) is 2. The lowest BCUT2D eigenvalue weighted by molar-refractivity contribution is -0.128. The highest BCUT2D eigenvalue weighted by Gasteiger charge is 2.35. The van der Waals surface area contributed by atoms with Gasteiger partial charge in [-0.25, -0.2) is 9.67 Å². The standard InChI is InChI=1S/C24H26N8O3/c1-2-8-30-19(11-18-22(30)25-20-6-3-4-10-31(20)23(18)34)24(35)29-14-17(15-29)32-13-16(26-27-32)12-28-9-5-7-21(28)33/h3-4,6,10-11,13,17H,2,5,7-9,12,14-15H2,1H3. The number of carbonyl (C=O) groups excluding carboxylic acids is 2. The van der Waals surface area contributed by atoms with Crippen molar-refractivity contribution in [2.24, 2.45) is 0 Å². The highest BCUT2D eigenvalue weighted by Crippen LogP contribution is 2.26. The Balaban J connectivity index is 1.22. The van der Waals surface area contributed by atoms with Gasteiger partial charge in [0.1, 0.15) is 22.7 Å². The van der Waals surface area contributed by atoms with E-state index in [-0.39, 0.29) is 23.4 Å². The summed E-state index contributed by atoms with van der Waals surface area (Å²) in [6, 6.07) is 7.12. The van der Waals surface area contributed by atoms with Crippen molar-refractivity contribution < 1.29 is 9.59 Å². The summed E-state index contributed by atoms with van der Waals surface area (Å²) in [7, 11) is 0. The molecule has 0 spiro atoms. The summed E-state index contributed by atoms with van der Waals surface area (Å²) in [4.78, 5) is 46.6. The van der Waals surface area contributed by atoms with Gasteiger partial charge in [-0.2, -0.15) is 0 Å². The first kappa shape index (κ1) is 21.5. The maximum atomic E-state index is 13.4. The van der Waals surface area contributed by atoms with Crippen LogP contribution in [0, 0.1) is 0 Å². The molecule has 4 aromatic rings. The van der Waals surface area contributed by atoms with Gasteiger partial charge in [0.25, 0.3) is 11.5 Å². The van der Waals surface area contributed by atoms with Gasteiger partial charge in [0, 0.05) is 38.8 Å². The number of aryl methyl sites for hydroxylation is 1. The van der Waals surface area contributed by atoms with Gasteiger partial charge < -0.3 is 14.4 Å². The summed E-state index contributed by atoms with van der Waals surface area (Å²) in [5.41, 5.74) is 2.16. The number of hydrogen-bond donors (Lipinski definition) is 0. The van der Waals surface area contributed by atoms with Crippen molar-refractivity contribution in [3.05, 3.63) is 58.4 Å². The predicted octanol–water partition coefficient (Wildman–Crippen LogP) is 1.47. The second-order valence-electron chi connectivity index (χ2n) is 9.24. The molecule has 6 heterocycles. The summed E-state index contributed by atoms with van der Waals surface area (Å²) in [5.74, 6) is 0.0358. The Kier molecular flexibility index (Phi) is 5.12. The largest absolute Gasteiger partial charge is 0.337 e. The van der Waals surface area contributed by atoms with Crippen molar-refractivity contribution in [3.63, 3.8) is 0 Å². The van der Waals surface area contributed by atoms with E-state index < -0.39 is 0 Å². The van der Waals surface area contributed by atoms with Crippen LogP contribution in [0.25, 0.3) is 16.7 Å². The van der Waals surface area contributed by atoms with Gasteiger partial charge in [-0.15, -0.1) is 5.10 Å². The van der Waals surface area contributed by atoms with E-state index in [0.29, 0.717) is 55.0 Å². The van der Waals surface area contributed by atoms with Gasteiger partial charge in [-0.05, 0) is 31.0 Å². The van der Waals surface area contributed by atoms with Gasteiger partial charge in [-0.1, -0.05) is 18.2 Å². The molecule has 2 amide bonds. The summed E-state index contributed by atoms with van der Waals surface area (Å²) in [5, 5.41) is 8.89. The van der Waals surface area contributed by atoms with Crippen LogP contribution in [0.4, 0.5) is 0 Å². The number of hydrogen-bond acceptors (Lipinski definition) is 6. The molecule has 0 radical (unpaired) electrons. The Morgan fingerprint density at radius 1 is 1.20 bits per heavy atom. The molecule has 2 saturated heterocycles. The lowest BCUT2D eigenvalue weighted by Crippen LogP contribution is -2.51. The third-order valence-corrected chi connectivity index (χ3v) is 6.85. The van der Waals surface area contributed by atoms with Crippen molar-refractivity contribution >= 4 is 28.5 Å². The molecule has 180 valence electrons. The molecule has 0 N–H and O–H groups in total. The maximum absolute atomic E-state index is 13.4. The van der Waals surface area contributed by atoms with Crippen LogP contribution in [0.3, 0.4) is 0 Å². The molecule has 6 rings (SSSR count). The van der Waals surface area contributed by atoms with Crippen LogP contribution in [0.2, 0.25) is 0 Å². The Hall–Kier alpha value is -4.02. The highest BCUT2D eigenvalue weighted by molar-refractivity contribution is 5.98. The molecular weight excluding hydrogens is 448 g/mol. The first-order valence-corrected chi connectivity index (χ1v) is 12.0. The number of nitrogens with zero attached hydrogens (tertiary/aromatic N) is 8. The molecule has 4 aromatic heterocycles. The Bertz CT molecular complexity index is 1510. The first-order valence-electron chi connectivity index (χ1n) is 12.0. The van der Waals surface area contributed by atoms with E-state index in [1.807, 2.05) is 23.8 Å². The minimum Gasteiger partial charge on any atom is -0.337 e. The van der Waals surface area contributed by atoms with Gasteiger partial charge in [0.2, 0.25) is 5.91 Å². The molecular formula is C24H26N8O3. The molecule has 0 bridgehead atoms. The molecule has 11 nitrogen and oxygen atoms in total. The number of fused-ring (bicyclic) bond motifs is 2. The minimum absolute atomic E-state index is 0.0322. The number of amides is 2. The SMILES string of the molecule is CCCn1c(C(=O)N2CC(n3cc(CN4CCCC4=O)nn3)C2)cc2c(=O)n3ccccc3nc21. The van der Waals surface area contributed by atoms with Crippen LogP contribution < -0.4 is 5.56 Å². The molecule has 35 heavy (non-hydrogen) atoms. The Morgan fingerprint density at radius 3 is 2.83 bits per heavy atom. The fraction of sp³-hybridized carbons (Fsp3) is 0.417. The summed E-state index contributed by atoms with van der Waals surface area (Å²) >= 11 is 0. The zero-order valence-electron chi connectivity index (χ0n) is 19.5. The molecule has 0 aromatic carbocycles. The van der Waals surface area contributed by atoms with E-state index in [0.717, 1.165) is 25.1 Å². The third kappa shape index (κ3) is 3.58. The monoisotopic (exact) mass is 474 g/mol. The van der Waals surface area contributed by atoms with Gasteiger partial charge >= 0.3 is 0 Å². The summed E-state index contributed by atoms with van der Waals surface area (Å²) in [6.07, 6.45) is 5.85. The first-order chi connectivity index (χ1) is 17.0. The average Bonchev–Trinajstić information content (AvgIpc) is 3.54. The lowest BCUT2D eigenvalue weighted by atomic mass is 10.1. The van der Waals surface area contributed by atoms with Gasteiger partial charge in [0.15, 0.2) is 0 Å². The van der Waals surface area contributed by atoms with Crippen molar-refractivity contribution in [2.75, 3.05) is 19.6 Å². The zero-order chi connectivity index (χ0) is 24.1. The molecule has 2 aliphatic rings. The predicted molar refractivity (Wildman–Crippen MR) is 127 cm³/mol. The Morgan fingerprint density at radius 2 is 2.06 bits per heavy atom. The fourth-order valence-electron chi connectivity index (χ4n) is 4.96.